The molecular weight excluding hydrogens is 446 g/mol. The van der Waals surface area contributed by atoms with Gasteiger partial charge in [-0.3, -0.25) is 4.79 Å². The lowest BCUT2D eigenvalue weighted by Gasteiger charge is -2.28. The summed E-state index contributed by atoms with van der Waals surface area (Å²) in [6.45, 7) is 0. The molecule has 0 radical (unpaired) electrons. The van der Waals surface area contributed by atoms with E-state index in [1.807, 2.05) is 16.8 Å². The maximum absolute atomic E-state index is 12.3. The molecule has 3 N–H and O–H groups in total. The first-order valence-electron chi connectivity index (χ1n) is 10.7. The quantitative estimate of drug-likeness (QED) is 0.566. The number of fused-ring (bicyclic) bond motifs is 1. The van der Waals surface area contributed by atoms with Crippen LogP contribution in [0.5, 0.6) is 0 Å². The molecule has 2 aliphatic carbocycles. The minimum absolute atomic E-state index is 0.0425. The summed E-state index contributed by atoms with van der Waals surface area (Å²) < 4.78 is 5.64. The van der Waals surface area contributed by atoms with Crippen LogP contribution < -0.4 is 10.6 Å². The molecule has 1 unspecified atom stereocenters. The standard InChI is InChI=1S/C23H25N3O4S2/c24-12-19-18-7-6-17(30-23(29)25-15-2-4-16(27)5-3-15)11-20(18)32-22(19)26-21(28)8-1-14-9-10-31-13-14/h1,8-10,13,15-17,27H,2-7,11H2,(H,25,29)(H,26,28)/b8-1+. The van der Waals surface area contributed by atoms with Gasteiger partial charge in [0.15, 0.2) is 0 Å². The average Bonchev–Trinajstić information content (AvgIpc) is 3.40. The topological polar surface area (TPSA) is 111 Å². The molecule has 7 nitrogen and oxygen atoms in total. The van der Waals surface area contributed by atoms with Crippen LogP contribution in [-0.4, -0.2) is 35.4 Å². The Labute approximate surface area is 194 Å². The number of rotatable bonds is 5. The van der Waals surface area contributed by atoms with Crippen molar-refractivity contribution in [2.45, 2.75) is 63.2 Å². The molecule has 168 valence electrons. The van der Waals surface area contributed by atoms with E-state index < -0.39 is 6.09 Å². The Balaban J connectivity index is 1.35. The Kier molecular flexibility index (Phi) is 7.25. The fourth-order valence-electron chi connectivity index (χ4n) is 4.13. The first-order chi connectivity index (χ1) is 15.5. The number of anilines is 1. The SMILES string of the molecule is N#Cc1c(NC(=O)/C=C/c2ccsc2)sc2c1CCC(OC(=O)NC1CCC(O)CC1)C2. The van der Waals surface area contributed by atoms with E-state index in [0.29, 0.717) is 42.7 Å². The molecule has 0 spiro atoms. The molecule has 9 heteroatoms. The summed E-state index contributed by atoms with van der Waals surface area (Å²) in [5.41, 5.74) is 2.40. The van der Waals surface area contributed by atoms with E-state index in [4.69, 9.17) is 4.74 Å². The molecule has 0 aliphatic heterocycles. The molecule has 2 amide bonds. The fourth-order valence-corrected chi connectivity index (χ4v) is 6.02. The number of hydrogen-bond acceptors (Lipinski definition) is 7. The molecule has 0 bridgehead atoms. The van der Waals surface area contributed by atoms with Crippen molar-refractivity contribution in [1.29, 1.82) is 5.26 Å². The average molecular weight is 472 g/mol. The Morgan fingerprint density at radius 1 is 1.25 bits per heavy atom. The van der Waals surface area contributed by atoms with Crippen molar-refractivity contribution in [2.24, 2.45) is 0 Å². The molecule has 0 aromatic carbocycles. The van der Waals surface area contributed by atoms with Crippen LogP contribution in [0.2, 0.25) is 0 Å². The zero-order valence-electron chi connectivity index (χ0n) is 17.5. The summed E-state index contributed by atoms with van der Waals surface area (Å²) in [6, 6.07) is 4.19. The highest BCUT2D eigenvalue weighted by molar-refractivity contribution is 7.16. The van der Waals surface area contributed by atoms with Gasteiger partial charge in [0.1, 0.15) is 17.2 Å². The van der Waals surface area contributed by atoms with Crippen molar-refractivity contribution in [2.75, 3.05) is 5.32 Å². The smallest absolute Gasteiger partial charge is 0.407 e. The Hall–Kier alpha value is -2.67. The van der Waals surface area contributed by atoms with Crippen LogP contribution in [0.25, 0.3) is 6.08 Å². The molecule has 2 aliphatic rings. The van der Waals surface area contributed by atoms with Crippen LogP contribution in [0, 0.1) is 11.3 Å². The summed E-state index contributed by atoms with van der Waals surface area (Å²) >= 11 is 2.94. The summed E-state index contributed by atoms with van der Waals surface area (Å²) in [5, 5.41) is 29.4. The zero-order valence-corrected chi connectivity index (χ0v) is 19.1. The van der Waals surface area contributed by atoms with E-state index in [2.05, 4.69) is 16.7 Å². The Morgan fingerprint density at radius 3 is 2.78 bits per heavy atom. The molecular formula is C23H25N3O4S2. The number of carbonyl (C=O) groups is 2. The number of ether oxygens (including phenoxy) is 1. The molecule has 1 saturated carbocycles. The second-order valence-electron chi connectivity index (χ2n) is 8.12. The molecule has 4 rings (SSSR count). The van der Waals surface area contributed by atoms with Gasteiger partial charge in [0.25, 0.3) is 0 Å². The number of alkyl carbamates (subject to hydrolysis) is 1. The molecule has 1 atom stereocenters. The van der Waals surface area contributed by atoms with Gasteiger partial charge in [0, 0.05) is 23.4 Å². The van der Waals surface area contributed by atoms with E-state index in [0.717, 1.165) is 28.8 Å². The van der Waals surface area contributed by atoms with E-state index >= 15 is 0 Å². The summed E-state index contributed by atoms with van der Waals surface area (Å²) in [5.74, 6) is -0.281. The van der Waals surface area contributed by atoms with Gasteiger partial charge in [-0.25, -0.2) is 4.79 Å². The van der Waals surface area contributed by atoms with Gasteiger partial charge >= 0.3 is 6.09 Å². The molecule has 2 aromatic rings. The highest BCUT2D eigenvalue weighted by Crippen LogP contribution is 2.38. The first kappa shape index (κ1) is 22.5. The number of nitrogens with one attached hydrogen (secondary N) is 2. The molecule has 2 aromatic heterocycles. The Bertz CT molecular complexity index is 1030. The number of aliphatic hydroxyl groups excluding tert-OH is 1. The van der Waals surface area contributed by atoms with Crippen LogP contribution in [0.1, 0.15) is 53.7 Å². The number of aliphatic hydroxyl groups is 1. The number of nitriles is 1. The number of carbonyl (C=O) groups excluding carboxylic acids is 2. The van der Waals surface area contributed by atoms with Crippen LogP contribution >= 0.6 is 22.7 Å². The van der Waals surface area contributed by atoms with Gasteiger partial charge in [0.05, 0.1) is 11.7 Å². The van der Waals surface area contributed by atoms with Crippen molar-refractivity contribution in [3.63, 3.8) is 0 Å². The van der Waals surface area contributed by atoms with Crippen molar-refractivity contribution >= 4 is 45.8 Å². The third-order valence-electron chi connectivity index (χ3n) is 5.83. The lowest BCUT2D eigenvalue weighted by Crippen LogP contribution is -2.41. The minimum Gasteiger partial charge on any atom is -0.446 e. The second kappa shape index (κ2) is 10.3. The van der Waals surface area contributed by atoms with Crippen molar-refractivity contribution < 1.29 is 19.4 Å². The van der Waals surface area contributed by atoms with Gasteiger partial charge in [-0.2, -0.15) is 16.6 Å². The third kappa shape index (κ3) is 5.57. The lowest BCUT2D eigenvalue weighted by atomic mass is 9.93. The number of amides is 2. The number of hydrogen-bond donors (Lipinski definition) is 3. The lowest BCUT2D eigenvalue weighted by molar-refractivity contribution is -0.111. The van der Waals surface area contributed by atoms with Crippen LogP contribution in [0.3, 0.4) is 0 Å². The van der Waals surface area contributed by atoms with Gasteiger partial charge in [-0.05, 0) is 72.6 Å². The fraction of sp³-hybridized carbons (Fsp3) is 0.435. The normalized spacial score (nSPS) is 22.7. The van der Waals surface area contributed by atoms with E-state index in [1.54, 1.807) is 17.4 Å². The monoisotopic (exact) mass is 471 g/mol. The minimum atomic E-state index is -0.427. The first-order valence-corrected chi connectivity index (χ1v) is 12.5. The molecule has 32 heavy (non-hydrogen) atoms. The van der Waals surface area contributed by atoms with E-state index in [1.165, 1.54) is 17.4 Å². The van der Waals surface area contributed by atoms with Gasteiger partial charge in [0.2, 0.25) is 5.91 Å². The summed E-state index contributed by atoms with van der Waals surface area (Å²) in [4.78, 5) is 25.6. The van der Waals surface area contributed by atoms with E-state index in [-0.39, 0.29) is 24.2 Å². The molecule has 2 heterocycles. The Morgan fingerprint density at radius 2 is 2.06 bits per heavy atom. The van der Waals surface area contributed by atoms with Crippen LogP contribution in [0.15, 0.2) is 22.9 Å². The van der Waals surface area contributed by atoms with Crippen LogP contribution in [-0.2, 0) is 22.4 Å². The highest BCUT2D eigenvalue weighted by atomic mass is 32.1. The largest absolute Gasteiger partial charge is 0.446 e. The maximum Gasteiger partial charge on any atom is 0.407 e. The predicted octanol–water partition coefficient (Wildman–Crippen LogP) is 4.22. The van der Waals surface area contributed by atoms with Gasteiger partial charge in [-0.1, -0.05) is 0 Å². The highest BCUT2D eigenvalue weighted by Gasteiger charge is 2.29. The van der Waals surface area contributed by atoms with Gasteiger partial charge < -0.3 is 20.5 Å². The number of nitrogens with zero attached hydrogens (tertiary/aromatic N) is 1. The summed E-state index contributed by atoms with van der Waals surface area (Å²) in [7, 11) is 0. The maximum atomic E-state index is 12.3. The third-order valence-corrected chi connectivity index (χ3v) is 7.70. The predicted molar refractivity (Wildman–Crippen MR) is 125 cm³/mol. The number of thiophene rings is 2. The summed E-state index contributed by atoms with van der Waals surface area (Å²) in [6.07, 6.45) is 6.94. The second-order valence-corrected chi connectivity index (χ2v) is 10.0. The van der Waals surface area contributed by atoms with Crippen molar-refractivity contribution in [3.05, 3.63) is 44.5 Å². The molecule has 1 fully saturated rings. The van der Waals surface area contributed by atoms with Crippen LogP contribution in [0.4, 0.5) is 9.80 Å². The zero-order chi connectivity index (χ0) is 22.5. The van der Waals surface area contributed by atoms with Crippen molar-refractivity contribution in [1.82, 2.24) is 5.32 Å². The van der Waals surface area contributed by atoms with E-state index in [9.17, 15) is 20.0 Å². The van der Waals surface area contributed by atoms with Gasteiger partial charge in [-0.15, -0.1) is 11.3 Å². The van der Waals surface area contributed by atoms with Crippen molar-refractivity contribution in [3.8, 4) is 6.07 Å². The molecule has 0 saturated heterocycles.